The minimum Gasteiger partial charge on any atom is -0.379 e. The van der Waals surface area contributed by atoms with Gasteiger partial charge in [-0.25, -0.2) is 17.8 Å². The Hall–Kier alpha value is -0.980. The lowest BCUT2D eigenvalue weighted by Gasteiger charge is -2.26. The largest absolute Gasteiger partial charge is 0.379 e. The van der Waals surface area contributed by atoms with Gasteiger partial charge in [0.25, 0.3) is 0 Å². The van der Waals surface area contributed by atoms with Gasteiger partial charge < -0.3 is 15.4 Å². The topological polar surface area (TPSA) is 83.0 Å². The lowest BCUT2D eigenvalue weighted by atomic mass is 10.2. The van der Waals surface area contributed by atoms with E-state index in [1.165, 1.54) is 10.4 Å². The molecule has 0 radical (unpaired) electrons. The number of hydrogen-bond donors (Lipinski definition) is 2. The minimum absolute atomic E-state index is 0. The number of benzene rings is 1. The highest BCUT2D eigenvalue weighted by atomic mass is 127. The molecule has 1 aliphatic rings. The van der Waals surface area contributed by atoms with E-state index in [2.05, 4.69) is 15.6 Å². The molecule has 1 aromatic carbocycles. The van der Waals surface area contributed by atoms with E-state index in [0.717, 1.165) is 0 Å². The van der Waals surface area contributed by atoms with E-state index in [4.69, 9.17) is 4.74 Å². The first-order chi connectivity index (χ1) is 12.0. The van der Waals surface area contributed by atoms with Crippen LogP contribution in [0.5, 0.6) is 0 Å². The van der Waals surface area contributed by atoms with Crippen molar-refractivity contribution in [3.8, 4) is 0 Å². The number of nitrogens with zero attached hydrogens (tertiary/aromatic N) is 2. The van der Waals surface area contributed by atoms with E-state index in [1.807, 2.05) is 6.92 Å². The van der Waals surface area contributed by atoms with Gasteiger partial charge in [-0.3, -0.25) is 0 Å². The molecule has 0 aliphatic carbocycles. The van der Waals surface area contributed by atoms with Crippen molar-refractivity contribution in [2.75, 3.05) is 45.1 Å². The number of guanidine groups is 1. The van der Waals surface area contributed by atoms with Crippen LogP contribution in [0, 0.1) is 5.82 Å². The summed E-state index contributed by atoms with van der Waals surface area (Å²) in [7, 11) is -3.32. The zero-order chi connectivity index (χ0) is 18.1. The molecular weight excluding hydrogens is 474 g/mol. The third-order valence-electron chi connectivity index (χ3n) is 3.73. The Morgan fingerprint density at radius 3 is 2.62 bits per heavy atom. The molecule has 0 atom stereocenters. The Labute approximate surface area is 171 Å². The van der Waals surface area contributed by atoms with Crippen molar-refractivity contribution in [1.29, 1.82) is 0 Å². The second-order valence-corrected chi connectivity index (χ2v) is 7.63. The first-order valence-corrected chi connectivity index (χ1v) is 9.95. The Bertz CT molecular complexity index is 682. The summed E-state index contributed by atoms with van der Waals surface area (Å²) in [5.74, 6) is 0.122. The molecule has 0 amide bonds. The molecule has 2 rings (SSSR count). The molecule has 0 bridgehead atoms. The molecule has 1 aromatic rings. The van der Waals surface area contributed by atoms with Crippen LogP contribution in [-0.4, -0.2) is 63.8 Å². The predicted molar refractivity (Wildman–Crippen MR) is 111 cm³/mol. The second-order valence-electron chi connectivity index (χ2n) is 5.54. The average molecular weight is 500 g/mol. The summed E-state index contributed by atoms with van der Waals surface area (Å²) >= 11 is 0. The Morgan fingerprint density at radius 2 is 1.96 bits per heavy atom. The smallest absolute Gasteiger partial charge is 0.215 e. The van der Waals surface area contributed by atoms with Gasteiger partial charge >= 0.3 is 0 Å². The molecule has 2 N–H and O–H groups in total. The van der Waals surface area contributed by atoms with Crippen LogP contribution < -0.4 is 10.6 Å². The number of rotatable bonds is 7. The second kappa shape index (κ2) is 11.7. The summed E-state index contributed by atoms with van der Waals surface area (Å²) in [6, 6.07) is 6.44. The third-order valence-corrected chi connectivity index (χ3v) is 5.60. The van der Waals surface area contributed by atoms with E-state index in [-0.39, 0.29) is 48.6 Å². The maximum atomic E-state index is 13.6. The molecule has 1 aliphatic heterocycles. The molecule has 0 aromatic heterocycles. The summed E-state index contributed by atoms with van der Waals surface area (Å²) in [5, 5.41) is 6.01. The van der Waals surface area contributed by atoms with E-state index in [0.29, 0.717) is 44.4 Å². The summed E-state index contributed by atoms with van der Waals surface area (Å²) in [6.45, 7) is 4.58. The average Bonchev–Trinajstić information content (AvgIpc) is 2.61. The minimum atomic E-state index is -3.32. The highest BCUT2D eigenvalue weighted by Gasteiger charge is 2.23. The number of halogens is 2. The number of hydrogen-bond acceptors (Lipinski definition) is 4. The highest BCUT2D eigenvalue weighted by molar-refractivity contribution is 14.0. The fourth-order valence-corrected chi connectivity index (χ4v) is 3.71. The van der Waals surface area contributed by atoms with E-state index >= 15 is 0 Å². The van der Waals surface area contributed by atoms with Gasteiger partial charge in [0, 0.05) is 31.7 Å². The molecule has 1 saturated heterocycles. The first-order valence-electron chi connectivity index (χ1n) is 8.34. The van der Waals surface area contributed by atoms with Crippen LogP contribution in [0.1, 0.15) is 12.5 Å². The Kier molecular flexibility index (Phi) is 10.4. The predicted octanol–water partition coefficient (Wildman–Crippen LogP) is 1.16. The van der Waals surface area contributed by atoms with Gasteiger partial charge in [0.05, 0.1) is 25.5 Å². The maximum absolute atomic E-state index is 13.6. The summed E-state index contributed by atoms with van der Waals surface area (Å²) < 4.78 is 44.8. The lowest BCUT2D eigenvalue weighted by molar-refractivity contribution is 0.0730. The van der Waals surface area contributed by atoms with Crippen molar-refractivity contribution in [1.82, 2.24) is 14.9 Å². The molecule has 26 heavy (non-hydrogen) atoms. The van der Waals surface area contributed by atoms with Crippen LogP contribution in [0.4, 0.5) is 4.39 Å². The lowest BCUT2D eigenvalue weighted by Crippen LogP contribution is -2.45. The zero-order valence-corrected chi connectivity index (χ0v) is 17.9. The molecule has 1 heterocycles. The van der Waals surface area contributed by atoms with Gasteiger partial charge in [0.15, 0.2) is 5.96 Å². The monoisotopic (exact) mass is 500 g/mol. The van der Waals surface area contributed by atoms with Crippen LogP contribution in [0.2, 0.25) is 0 Å². The van der Waals surface area contributed by atoms with Crippen LogP contribution >= 0.6 is 24.0 Å². The maximum Gasteiger partial charge on any atom is 0.215 e. The number of aliphatic imine (C=N–C) groups is 1. The summed E-state index contributed by atoms with van der Waals surface area (Å²) in [4.78, 5) is 4.30. The molecule has 0 spiro atoms. The van der Waals surface area contributed by atoms with Gasteiger partial charge in [0.1, 0.15) is 5.82 Å². The van der Waals surface area contributed by atoms with Crippen molar-refractivity contribution >= 4 is 40.0 Å². The summed E-state index contributed by atoms with van der Waals surface area (Å²) in [6.07, 6.45) is 0. The van der Waals surface area contributed by atoms with E-state index in [9.17, 15) is 12.8 Å². The molecule has 1 fully saturated rings. The SMILES string of the molecule is CCNC(=NCc1ccccc1F)NCCS(=O)(=O)N1CCOCC1.I. The first kappa shape index (κ1) is 23.1. The molecule has 10 heteroatoms. The van der Waals surface area contributed by atoms with Crippen LogP contribution in [0.15, 0.2) is 29.3 Å². The van der Waals surface area contributed by atoms with Crippen LogP contribution in [0.25, 0.3) is 0 Å². The van der Waals surface area contributed by atoms with Crippen LogP contribution in [0.3, 0.4) is 0 Å². The fraction of sp³-hybridized carbons (Fsp3) is 0.562. The van der Waals surface area contributed by atoms with Gasteiger partial charge in [-0.05, 0) is 13.0 Å². The standard InChI is InChI=1S/C16H25FN4O3S.HI/c1-2-18-16(20-13-14-5-3-4-6-15(14)17)19-7-12-25(22,23)21-8-10-24-11-9-21;/h3-6H,2,7-13H2,1H3,(H2,18,19,20);1H. The van der Waals surface area contributed by atoms with Crippen LogP contribution in [-0.2, 0) is 21.3 Å². The van der Waals surface area contributed by atoms with Gasteiger partial charge in [-0.2, -0.15) is 4.31 Å². The normalized spacial score (nSPS) is 16.0. The number of ether oxygens (including phenoxy) is 1. The summed E-state index contributed by atoms with van der Waals surface area (Å²) in [5.41, 5.74) is 0.487. The number of nitrogens with one attached hydrogen (secondary N) is 2. The van der Waals surface area contributed by atoms with E-state index in [1.54, 1.807) is 18.2 Å². The zero-order valence-electron chi connectivity index (χ0n) is 14.8. The van der Waals surface area contributed by atoms with Crippen molar-refractivity contribution in [3.05, 3.63) is 35.6 Å². The molecular formula is C16H26FIN4O3S. The Morgan fingerprint density at radius 1 is 1.27 bits per heavy atom. The highest BCUT2D eigenvalue weighted by Crippen LogP contribution is 2.07. The van der Waals surface area contributed by atoms with Gasteiger partial charge in [-0.15, -0.1) is 24.0 Å². The van der Waals surface area contributed by atoms with Crippen molar-refractivity contribution < 1.29 is 17.5 Å². The fourth-order valence-electron chi connectivity index (χ4n) is 2.38. The number of morpholine rings is 1. The molecule has 0 saturated carbocycles. The van der Waals surface area contributed by atoms with Gasteiger partial charge in [-0.1, -0.05) is 18.2 Å². The van der Waals surface area contributed by atoms with Crippen molar-refractivity contribution in [2.24, 2.45) is 4.99 Å². The third kappa shape index (κ3) is 7.33. The van der Waals surface area contributed by atoms with Gasteiger partial charge in [0.2, 0.25) is 10.0 Å². The number of sulfonamides is 1. The Balaban J connectivity index is 0.00000338. The molecule has 0 unspecified atom stereocenters. The van der Waals surface area contributed by atoms with E-state index < -0.39 is 10.0 Å². The van der Waals surface area contributed by atoms with Crippen molar-refractivity contribution in [2.45, 2.75) is 13.5 Å². The molecule has 148 valence electrons. The molecule has 7 nitrogen and oxygen atoms in total. The van der Waals surface area contributed by atoms with Crippen molar-refractivity contribution in [3.63, 3.8) is 0 Å². The quantitative estimate of drug-likeness (QED) is 0.334.